The maximum absolute atomic E-state index is 2.28. The molecule has 0 heterocycles. The van der Waals surface area contributed by atoms with Crippen molar-refractivity contribution >= 4 is 0 Å². The summed E-state index contributed by atoms with van der Waals surface area (Å²) >= 11 is 0. The quantitative estimate of drug-likeness (QED) is 0.646. The molecule has 0 amide bonds. The van der Waals surface area contributed by atoms with E-state index in [4.69, 9.17) is 0 Å². The van der Waals surface area contributed by atoms with Crippen molar-refractivity contribution in [3.8, 4) is 0 Å². The summed E-state index contributed by atoms with van der Waals surface area (Å²) in [5, 5.41) is 0. The van der Waals surface area contributed by atoms with E-state index in [0.29, 0.717) is 5.41 Å². The summed E-state index contributed by atoms with van der Waals surface area (Å²) in [4.78, 5) is 0. The smallest absolute Gasteiger partial charge is 0.0106 e. The van der Waals surface area contributed by atoms with Crippen molar-refractivity contribution in [2.75, 3.05) is 0 Å². The van der Waals surface area contributed by atoms with Crippen molar-refractivity contribution in [3.63, 3.8) is 0 Å². The molecule has 0 aliphatic rings. The Balaban J connectivity index is 0.00000121. The molecule has 0 bridgehead atoms. The molecule has 0 atom stereocenters. The molecule has 1 rings (SSSR count). The molecule has 2 N–H and O–H groups in total. The molecule has 0 fully saturated rings. The average Bonchev–Trinajstić information content (AvgIpc) is 2.06. The largest absolute Gasteiger partial charge is 0.412 e. The fourth-order valence-corrected chi connectivity index (χ4v) is 1.09. The van der Waals surface area contributed by atoms with E-state index in [1.165, 1.54) is 12.0 Å². The lowest BCUT2D eigenvalue weighted by molar-refractivity contribution is 0.506. The van der Waals surface area contributed by atoms with Gasteiger partial charge in [-0.3, -0.25) is 0 Å². The van der Waals surface area contributed by atoms with Crippen molar-refractivity contribution in [3.05, 3.63) is 35.9 Å². The second-order valence-corrected chi connectivity index (χ2v) is 3.60. The zero-order valence-corrected chi connectivity index (χ0v) is 8.09. The molecule has 0 saturated heterocycles. The van der Waals surface area contributed by atoms with E-state index in [0.717, 1.165) is 0 Å². The fraction of sp³-hybridized carbons (Fsp3) is 0.455. The zero-order valence-electron chi connectivity index (χ0n) is 8.09. The van der Waals surface area contributed by atoms with Gasteiger partial charge in [0.1, 0.15) is 0 Å². The topological polar surface area (TPSA) is 31.5 Å². The van der Waals surface area contributed by atoms with Gasteiger partial charge in [-0.25, -0.2) is 0 Å². The van der Waals surface area contributed by atoms with E-state index in [1.807, 2.05) is 0 Å². The maximum atomic E-state index is 2.28. The molecule has 1 heteroatoms. The number of rotatable bonds is 2. The van der Waals surface area contributed by atoms with E-state index in [2.05, 4.69) is 51.1 Å². The van der Waals surface area contributed by atoms with Crippen LogP contribution >= 0.6 is 0 Å². The Morgan fingerprint density at radius 3 is 2.00 bits per heavy atom. The van der Waals surface area contributed by atoms with Crippen LogP contribution in [-0.4, -0.2) is 5.48 Å². The van der Waals surface area contributed by atoms with E-state index < -0.39 is 0 Å². The Kier molecular flexibility index (Phi) is 3.98. The van der Waals surface area contributed by atoms with Crippen LogP contribution in [-0.2, 0) is 5.41 Å². The van der Waals surface area contributed by atoms with E-state index >= 15 is 0 Å². The van der Waals surface area contributed by atoms with Gasteiger partial charge in [0.15, 0.2) is 0 Å². The lowest BCUT2D eigenvalue weighted by Crippen LogP contribution is -2.14. The lowest BCUT2D eigenvalue weighted by atomic mass is 9.82. The van der Waals surface area contributed by atoms with Crippen LogP contribution < -0.4 is 0 Å². The van der Waals surface area contributed by atoms with Crippen molar-refractivity contribution < 1.29 is 5.48 Å². The molecule has 0 aromatic heterocycles. The highest BCUT2D eigenvalue weighted by Gasteiger charge is 2.16. The van der Waals surface area contributed by atoms with Gasteiger partial charge < -0.3 is 5.48 Å². The molecule has 1 nitrogen and oxygen atoms in total. The Bertz CT molecular complexity index is 214. The lowest BCUT2D eigenvalue weighted by Gasteiger charge is -2.22. The van der Waals surface area contributed by atoms with Gasteiger partial charge in [0.2, 0.25) is 0 Å². The third-order valence-corrected chi connectivity index (χ3v) is 2.44. The molecule has 0 radical (unpaired) electrons. The molecule has 0 saturated carbocycles. The highest BCUT2D eigenvalue weighted by molar-refractivity contribution is 5.22. The van der Waals surface area contributed by atoms with Crippen LogP contribution in [0.3, 0.4) is 0 Å². The van der Waals surface area contributed by atoms with Crippen LogP contribution in [0.1, 0.15) is 32.8 Å². The predicted octanol–water partition coefficient (Wildman–Crippen LogP) is 2.55. The van der Waals surface area contributed by atoms with Gasteiger partial charge in [0.05, 0.1) is 0 Å². The highest BCUT2D eigenvalue weighted by Crippen LogP contribution is 2.25. The van der Waals surface area contributed by atoms with Gasteiger partial charge in [0.25, 0.3) is 0 Å². The molecule has 0 aliphatic heterocycles. The van der Waals surface area contributed by atoms with Crippen LogP contribution in [0, 0.1) is 0 Å². The second kappa shape index (κ2) is 4.27. The number of hydrogen-bond acceptors (Lipinski definition) is 0. The van der Waals surface area contributed by atoms with E-state index in [-0.39, 0.29) is 5.48 Å². The summed E-state index contributed by atoms with van der Waals surface area (Å²) in [6.45, 7) is 6.79. The summed E-state index contributed by atoms with van der Waals surface area (Å²) < 4.78 is 0. The minimum atomic E-state index is 0. The second-order valence-electron chi connectivity index (χ2n) is 3.60. The van der Waals surface area contributed by atoms with Crippen LogP contribution in [0.2, 0.25) is 0 Å². The third kappa shape index (κ3) is 2.35. The first-order valence-corrected chi connectivity index (χ1v) is 4.22. The van der Waals surface area contributed by atoms with Crippen LogP contribution in [0.15, 0.2) is 30.3 Å². The van der Waals surface area contributed by atoms with Crippen LogP contribution in [0.4, 0.5) is 0 Å². The standard InChI is InChI=1S/C11H16.H2O/c1-4-11(2,3)10-8-6-5-7-9-10;/h5-9H,4H2,1-3H3;1H2. The average molecular weight is 166 g/mol. The summed E-state index contributed by atoms with van der Waals surface area (Å²) in [5.74, 6) is 0. The molecular formula is C11H18O. The van der Waals surface area contributed by atoms with Crippen molar-refractivity contribution in [1.29, 1.82) is 0 Å². The molecule has 68 valence electrons. The van der Waals surface area contributed by atoms with Gasteiger partial charge >= 0.3 is 0 Å². The summed E-state index contributed by atoms with van der Waals surface area (Å²) in [5.41, 5.74) is 1.77. The minimum Gasteiger partial charge on any atom is -0.412 e. The first kappa shape index (κ1) is 11.2. The van der Waals surface area contributed by atoms with Gasteiger partial charge in [-0.05, 0) is 17.4 Å². The highest BCUT2D eigenvalue weighted by atomic mass is 16.0. The van der Waals surface area contributed by atoms with Crippen molar-refractivity contribution in [2.24, 2.45) is 0 Å². The minimum absolute atomic E-state index is 0. The first-order valence-electron chi connectivity index (χ1n) is 4.22. The molecule has 0 unspecified atom stereocenters. The van der Waals surface area contributed by atoms with Crippen molar-refractivity contribution in [2.45, 2.75) is 32.6 Å². The Hall–Kier alpha value is -0.820. The number of hydrogen-bond donors (Lipinski definition) is 0. The van der Waals surface area contributed by atoms with Gasteiger partial charge in [0, 0.05) is 0 Å². The Labute approximate surface area is 74.7 Å². The molecule has 12 heavy (non-hydrogen) atoms. The molecule has 0 spiro atoms. The van der Waals surface area contributed by atoms with Gasteiger partial charge in [-0.15, -0.1) is 0 Å². The van der Waals surface area contributed by atoms with Gasteiger partial charge in [-0.2, -0.15) is 0 Å². The SMILES string of the molecule is CCC(C)(C)c1ccccc1.O. The maximum Gasteiger partial charge on any atom is -0.0106 e. The molecule has 1 aromatic rings. The fourth-order valence-electron chi connectivity index (χ4n) is 1.09. The van der Waals surface area contributed by atoms with E-state index in [1.54, 1.807) is 0 Å². The normalized spacial score (nSPS) is 10.6. The third-order valence-electron chi connectivity index (χ3n) is 2.44. The zero-order chi connectivity index (χ0) is 8.32. The summed E-state index contributed by atoms with van der Waals surface area (Å²) in [6, 6.07) is 10.7. The van der Waals surface area contributed by atoms with E-state index in [9.17, 15) is 0 Å². The molecule has 1 aromatic carbocycles. The van der Waals surface area contributed by atoms with Crippen LogP contribution in [0.25, 0.3) is 0 Å². The predicted molar refractivity (Wildman–Crippen MR) is 53.4 cm³/mol. The van der Waals surface area contributed by atoms with Crippen molar-refractivity contribution in [1.82, 2.24) is 0 Å². The molecule has 0 aliphatic carbocycles. The monoisotopic (exact) mass is 166 g/mol. The summed E-state index contributed by atoms with van der Waals surface area (Å²) in [6.07, 6.45) is 1.19. The summed E-state index contributed by atoms with van der Waals surface area (Å²) in [7, 11) is 0. The molecular weight excluding hydrogens is 148 g/mol. The van der Waals surface area contributed by atoms with Crippen LogP contribution in [0.5, 0.6) is 0 Å². The number of benzene rings is 1. The van der Waals surface area contributed by atoms with Gasteiger partial charge in [-0.1, -0.05) is 51.1 Å². The Morgan fingerprint density at radius 1 is 1.08 bits per heavy atom. The first-order chi connectivity index (χ1) is 5.17. The Morgan fingerprint density at radius 2 is 1.58 bits per heavy atom.